The summed E-state index contributed by atoms with van der Waals surface area (Å²) in [5.41, 5.74) is -1.12. The Kier molecular flexibility index (Phi) is 9.70. The van der Waals surface area contributed by atoms with Crippen LogP contribution in [0.3, 0.4) is 0 Å². The second kappa shape index (κ2) is 12.9. The number of ketones is 1. The molecule has 0 unspecified atom stereocenters. The summed E-state index contributed by atoms with van der Waals surface area (Å²) in [6, 6.07) is 7.12. The summed E-state index contributed by atoms with van der Waals surface area (Å²) >= 11 is 0. The summed E-state index contributed by atoms with van der Waals surface area (Å²) in [5, 5.41) is 12.3. The van der Waals surface area contributed by atoms with E-state index in [1.807, 2.05) is 6.07 Å². The third-order valence-electron chi connectivity index (χ3n) is 8.71. The number of aromatic nitrogens is 1. The molecule has 1 saturated carbocycles. The average molecular weight is 651 g/mol. The second-order valence-corrected chi connectivity index (χ2v) is 12.1. The van der Waals surface area contributed by atoms with Crippen LogP contribution in [0.2, 0.25) is 0 Å². The van der Waals surface area contributed by atoms with E-state index in [0.717, 1.165) is 5.57 Å². The molecule has 1 aliphatic rings. The highest BCUT2D eigenvalue weighted by molar-refractivity contribution is 5.93. The molecule has 0 amide bonds. The van der Waals surface area contributed by atoms with Crippen molar-refractivity contribution in [3.05, 3.63) is 93.6 Å². The summed E-state index contributed by atoms with van der Waals surface area (Å²) in [7, 11) is 0. The van der Waals surface area contributed by atoms with Gasteiger partial charge in [0.2, 0.25) is 0 Å². The fraction of sp³-hybridized carbons (Fsp3) is 0.382. The quantitative estimate of drug-likeness (QED) is 0.188. The van der Waals surface area contributed by atoms with Crippen LogP contribution in [-0.4, -0.2) is 28.4 Å². The minimum atomic E-state index is -5.06. The number of rotatable bonds is 8. The lowest BCUT2D eigenvalue weighted by Gasteiger charge is -2.27. The highest BCUT2D eigenvalue weighted by Crippen LogP contribution is 2.41. The number of carbonyl (C=O) groups is 2. The molecule has 246 valence electrons. The number of benzene rings is 2. The average Bonchev–Trinajstić information content (AvgIpc) is 2.98. The molecule has 0 aliphatic heterocycles. The number of aliphatic carboxylic acids is 1. The minimum absolute atomic E-state index is 0.00297. The van der Waals surface area contributed by atoms with Crippen molar-refractivity contribution in [2.45, 2.75) is 77.1 Å². The second-order valence-electron chi connectivity index (χ2n) is 12.1. The molecule has 1 aromatic heterocycles. The van der Waals surface area contributed by atoms with E-state index in [0.29, 0.717) is 71.5 Å². The standard InChI is InChI=1S/C34H33F7N2O3/c1-18-11-25(35)9-10-26(18)27-15-28(21-7-5-20(6-8-21)19(2)31(45)46)42-16-29(27)43-17-30(44)32(3,4)22-12-23(33(36,37)38)14-24(13-22)34(39,40)41/h9-16,21,43H,5-8,17H2,1-4H3,(H,45,46). The molecule has 1 fully saturated rings. The lowest BCUT2D eigenvalue weighted by molar-refractivity contribution is -0.143. The molecule has 0 radical (unpaired) electrons. The first-order valence-electron chi connectivity index (χ1n) is 14.5. The number of anilines is 1. The smallest absolute Gasteiger partial charge is 0.416 e. The first kappa shape index (κ1) is 34.6. The van der Waals surface area contributed by atoms with Crippen LogP contribution in [0.15, 0.2) is 59.8 Å². The molecule has 2 N–H and O–H groups in total. The van der Waals surface area contributed by atoms with Gasteiger partial charge in [-0.3, -0.25) is 9.78 Å². The SMILES string of the molecule is CC(C(=O)O)=C1CCC(c2cc(-c3ccc(F)cc3C)c(NCC(=O)C(C)(C)c3cc(C(F)(F)F)cc(C(F)(F)F)c3)cn2)CC1. The summed E-state index contributed by atoms with van der Waals surface area (Å²) in [4.78, 5) is 29.4. The molecule has 4 rings (SSSR count). The Labute approximate surface area is 261 Å². The van der Waals surface area contributed by atoms with Crippen LogP contribution in [0, 0.1) is 12.7 Å². The van der Waals surface area contributed by atoms with Crippen LogP contribution in [0.5, 0.6) is 0 Å². The molecule has 1 aliphatic carbocycles. The van der Waals surface area contributed by atoms with Gasteiger partial charge in [-0.25, -0.2) is 9.18 Å². The van der Waals surface area contributed by atoms with Crippen molar-refractivity contribution in [2.24, 2.45) is 0 Å². The number of hydrogen-bond donors (Lipinski definition) is 2. The molecule has 12 heteroatoms. The number of halogens is 7. The fourth-order valence-electron chi connectivity index (χ4n) is 5.65. The van der Waals surface area contributed by atoms with Gasteiger partial charge in [0.1, 0.15) is 5.82 Å². The van der Waals surface area contributed by atoms with Gasteiger partial charge in [-0.05, 0) is 106 Å². The van der Waals surface area contributed by atoms with E-state index < -0.39 is 58.6 Å². The molecule has 0 bridgehead atoms. The normalized spacial score (nSPS) is 15.9. The van der Waals surface area contributed by atoms with Crippen molar-refractivity contribution >= 4 is 17.4 Å². The topological polar surface area (TPSA) is 79.3 Å². The number of alkyl halides is 6. The molecular formula is C34H33F7N2O3. The van der Waals surface area contributed by atoms with E-state index in [-0.39, 0.29) is 12.0 Å². The number of nitrogens with one attached hydrogen (secondary N) is 1. The Morgan fingerprint density at radius 2 is 1.46 bits per heavy atom. The lowest BCUT2D eigenvalue weighted by Crippen LogP contribution is -2.35. The zero-order valence-corrected chi connectivity index (χ0v) is 25.6. The lowest BCUT2D eigenvalue weighted by atomic mass is 9.79. The highest BCUT2D eigenvalue weighted by Gasteiger charge is 2.40. The maximum Gasteiger partial charge on any atom is 0.416 e. The van der Waals surface area contributed by atoms with Crippen LogP contribution in [0.1, 0.15) is 80.3 Å². The summed E-state index contributed by atoms with van der Waals surface area (Å²) in [6.45, 7) is 5.35. The molecule has 3 aromatic rings. The zero-order chi connectivity index (χ0) is 34.2. The highest BCUT2D eigenvalue weighted by atomic mass is 19.4. The van der Waals surface area contributed by atoms with Gasteiger partial charge < -0.3 is 10.4 Å². The van der Waals surface area contributed by atoms with Gasteiger partial charge in [-0.2, -0.15) is 26.3 Å². The predicted molar refractivity (Wildman–Crippen MR) is 159 cm³/mol. The van der Waals surface area contributed by atoms with Crippen LogP contribution >= 0.6 is 0 Å². The minimum Gasteiger partial charge on any atom is -0.478 e. The molecule has 0 atom stereocenters. The Bertz CT molecular complexity index is 1650. The van der Waals surface area contributed by atoms with Gasteiger partial charge in [0.15, 0.2) is 5.78 Å². The predicted octanol–water partition coefficient (Wildman–Crippen LogP) is 9.25. The van der Waals surface area contributed by atoms with Crippen LogP contribution in [0.25, 0.3) is 11.1 Å². The third kappa shape index (κ3) is 7.59. The largest absolute Gasteiger partial charge is 0.478 e. The Morgan fingerprint density at radius 1 is 0.891 bits per heavy atom. The van der Waals surface area contributed by atoms with E-state index in [4.69, 9.17) is 0 Å². The third-order valence-corrected chi connectivity index (χ3v) is 8.71. The number of aryl methyl sites for hydroxylation is 1. The first-order valence-corrected chi connectivity index (χ1v) is 14.5. The summed E-state index contributed by atoms with van der Waals surface area (Å²) in [6.07, 6.45) is -6.14. The molecule has 0 saturated heterocycles. The monoisotopic (exact) mass is 650 g/mol. The van der Waals surface area contributed by atoms with Gasteiger partial charge >= 0.3 is 18.3 Å². The number of Topliss-reactive ketones (excluding diaryl/α,β-unsaturated/α-hetero) is 1. The molecule has 5 nitrogen and oxygen atoms in total. The maximum atomic E-state index is 14.0. The number of hydrogen-bond acceptors (Lipinski definition) is 4. The van der Waals surface area contributed by atoms with Crippen molar-refractivity contribution in [1.82, 2.24) is 4.98 Å². The van der Waals surface area contributed by atoms with Gasteiger partial charge in [0.05, 0.1) is 35.0 Å². The molecule has 1 heterocycles. The zero-order valence-electron chi connectivity index (χ0n) is 25.6. The fourth-order valence-corrected chi connectivity index (χ4v) is 5.65. The Morgan fingerprint density at radius 3 is 1.98 bits per heavy atom. The van der Waals surface area contributed by atoms with E-state index in [9.17, 15) is 45.4 Å². The van der Waals surface area contributed by atoms with Crippen LogP contribution in [-0.2, 0) is 27.4 Å². The number of carboxylic acid groups (broad SMARTS) is 1. The number of nitrogens with zero attached hydrogens (tertiary/aromatic N) is 1. The van der Waals surface area contributed by atoms with E-state index in [1.54, 1.807) is 19.9 Å². The van der Waals surface area contributed by atoms with Gasteiger partial charge in [-0.1, -0.05) is 11.6 Å². The van der Waals surface area contributed by atoms with E-state index >= 15 is 0 Å². The van der Waals surface area contributed by atoms with Crippen molar-refractivity contribution in [1.29, 1.82) is 0 Å². The Balaban J connectivity index is 1.65. The molecular weight excluding hydrogens is 617 g/mol. The van der Waals surface area contributed by atoms with Crippen molar-refractivity contribution < 1.29 is 45.4 Å². The number of carboxylic acids is 1. The number of carbonyl (C=O) groups excluding carboxylic acids is 1. The van der Waals surface area contributed by atoms with E-state index in [2.05, 4.69) is 10.3 Å². The molecule has 2 aromatic carbocycles. The van der Waals surface area contributed by atoms with Crippen LogP contribution in [0.4, 0.5) is 36.4 Å². The van der Waals surface area contributed by atoms with Crippen molar-refractivity contribution in [3.8, 4) is 11.1 Å². The van der Waals surface area contributed by atoms with Crippen molar-refractivity contribution in [2.75, 3.05) is 11.9 Å². The van der Waals surface area contributed by atoms with E-state index in [1.165, 1.54) is 32.2 Å². The Hall–Kier alpha value is -4.22. The maximum absolute atomic E-state index is 14.0. The van der Waals surface area contributed by atoms with Gasteiger partial charge in [0.25, 0.3) is 0 Å². The van der Waals surface area contributed by atoms with Gasteiger partial charge in [-0.15, -0.1) is 0 Å². The number of pyridine rings is 1. The first-order chi connectivity index (χ1) is 21.3. The molecule has 0 spiro atoms. The summed E-state index contributed by atoms with van der Waals surface area (Å²) in [5.74, 6) is -2.08. The molecule has 46 heavy (non-hydrogen) atoms. The summed E-state index contributed by atoms with van der Waals surface area (Å²) < 4.78 is 94.9. The van der Waals surface area contributed by atoms with Gasteiger partial charge in [0, 0.05) is 22.7 Å². The van der Waals surface area contributed by atoms with Crippen LogP contribution < -0.4 is 5.32 Å². The number of allylic oxidation sites excluding steroid dienone is 1. The van der Waals surface area contributed by atoms with Crippen molar-refractivity contribution in [3.63, 3.8) is 0 Å².